The third-order valence-electron chi connectivity index (χ3n) is 3.92. The number of carbonyl (C=O) groups excluding carboxylic acids is 2. The SMILES string of the molecule is CC(C)(C)OC(=O)NC(Cc1ccc(OC(=O)[C@@H]2CCCN2)cc1)C(=O)O. The number of ether oxygens (including phenoxy) is 2. The van der Waals surface area contributed by atoms with Crippen molar-refractivity contribution >= 4 is 18.0 Å². The van der Waals surface area contributed by atoms with Gasteiger partial charge in [0.2, 0.25) is 0 Å². The first-order valence-corrected chi connectivity index (χ1v) is 8.90. The largest absolute Gasteiger partial charge is 0.480 e. The highest BCUT2D eigenvalue weighted by molar-refractivity contribution is 5.80. The monoisotopic (exact) mass is 378 g/mol. The highest BCUT2D eigenvalue weighted by Crippen LogP contribution is 2.16. The van der Waals surface area contributed by atoms with Crippen LogP contribution in [0.3, 0.4) is 0 Å². The van der Waals surface area contributed by atoms with Crippen molar-refractivity contribution in [3.63, 3.8) is 0 Å². The van der Waals surface area contributed by atoms with Gasteiger partial charge in [-0.25, -0.2) is 14.4 Å². The molecule has 1 heterocycles. The smallest absolute Gasteiger partial charge is 0.408 e. The summed E-state index contributed by atoms with van der Waals surface area (Å²) in [4.78, 5) is 35.2. The molecule has 1 saturated heterocycles. The van der Waals surface area contributed by atoms with Gasteiger partial charge in [0.1, 0.15) is 23.4 Å². The van der Waals surface area contributed by atoms with Gasteiger partial charge in [-0.1, -0.05) is 12.1 Å². The fourth-order valence-electron chi connectivity index (χ4n) is 2.65. The molecule has 0 radical (unpaired) electrons. The molecule has 0 bridgehead atoms. The molecule has 2 rings (SSSR count). The molecule has 0 spiro atoms. The zero-order chi connectivity index (χ0) is 20.0. The fraction of sp³-hybridized carbons (Fsp3) is 0.526. The van der Waals surface area contributed by atoms with Gasteiger partial charge in [-0.3, -0.25) is 0 Å². The van der Waals surface area contributed by atoms with Gasteiger partial charge >= 0.3 is 18.0 Å². The van der Waals surface area contributed by atoms with Crippen LogP contribution in [0.2, 0.25) is 0 Å². The van der Waals surface area contributed by atoms with Gasteiger partial charge in [0.15, 0.2) is 0 Å². The second-order valence-corrected chi connectivity index (χ2v) is 7.46. The topological polar surface area (TPSA) is 114 Å². The molecule has 1 amide bonds. The normalized spacial score (nSPS) is 17.8. The van der Waals surface area contributed by atoms with Crippen LogP contribution in [0.25, 0.3) is 0 Å². The Kier molecular flexibility index (Phi) is 6.79. The van der Waals surface area contributed by atoms with Gasteiger partial charge in [0, 0.05) is 6.42 Å². The number of rotatable bonds is 6. The number of carboxylic acid groups (broad SMARTS) is 1. The quantitative estimate of drug-likeness (QED) is 0.511. The molecular weight excluding hydrogens is 352 g/mol. The van der Waals surface area contributed by atoms with E-state index in [1.165, 1.54) is 0 Å². The van der Waals surface area contributed by atoms with Crippen LogP contribution in [-0.2, 0) is 20.7 Å². The van der Waals surface area contributed by atoms with E-state index in [0.29, 0.717) is 11.3 Å². The highest BCUT2D eigenvalue weighted by atomic mass is 16.6. The van der Waals surface area contributed by atoms with Gasteiger partial charge in [-0.15, -0.1) is 0 Å². The van der Waals surface area contributed by atoms with Crippen molar-refractivity contribution in [2.75, 3.05) is 6.54 Å². The van der Waals surface area contributed by atoms with E-state index < -0.39 is 23.7 Å². The van der Waals surface area contributed by atoms with Gasteiger partial charge < -0.3 is 25.2 Å². The number of hydrogen-bond donors (Lipinski definition) is 3. The van der Waals surface area contributed by atoms with Crippen molar-refractivity contribution in [1.29, 1.82) is 0 Å². The third kappa shape index (κ3) is 6.90. The first kappa shape index (κ1) is 20.7. The number of esters is 1. The Morgan fingerprint density at radius 2 is 1.93 bits per heavy atom. The number of aliphatic carboxylic acids is 1. The second kappa shape index (κ2) is 8.85. The zero-order valence-electron chi connectivity index (χ0n) is 15.8. The minimum atomic E-state index is -1.16. The Labute approximate surface area is 158 Å². The Hall–Kier alpha value is -2.61. The molecule has 1 aliphatic heterocycles. The molecule has 2 atom stereocenters. The molecule has 27 heavy (non-hydrogen) atoms. The summed E-state index contributed by atoms with van der Waals surface area (Å²) in [6.07, 6.45) is 0.991. The summed E-state index contributed by atoms with van der Waals surface area (Å²) in [5.41, 5.74) is -0.0374. The number of alkyl carbamates (subject to hydrolysis) is 1. The van der Waals surface area contributed by atoms with Crippen LogP contribution in [-0.4, -0.2) is 47.4 Å². The van der Waals surface area contributed by atoms with E-state index in [1.54, 1.807) is 45.0 Å². The molecule has 3 N–H and O–H groups in total. The zero-order valence-corrected chi connectivity index (χ0v) is 15.8. The van der Waals surface area contributed by atoms with Gasteiger partial charge in [-0.05, 0) is 57.9 Å². The molecule has 1 aromatic rings. The lowest BCUT2D eigenvalue weighted by Crippen LogP contribution is -2.44. The Bertz CT molecular complexity index is 674. The van der Waals surface area contributed by atoms with Gasteiger partial charge in [0.25, 0.3) is 0 Å². The summed E-state index contributed by atoms with van der Waals surface area (Å²) in [6, 6.07) is 5.13. The fourth-order valence-corrected chi connectivity index (χ4v) is 2.65. The number of carboxylic acids is 1. The summed E-state index contributed by atoms with van der Waals surface area (Å²) >= 11 is 0. The second-order valence-electron chi connectivity index (χ2n) is 7.46. The molecule has 1 fully saturated rings. The van der Waals surface area contributed by atoms with Crippen LogP contribution in [0.1, 0.15) is 39.2 Å². The van der Waals surface area contributed by atoms with E-state index in [-0.39, 0.29) is 18.4 Å². The van der Waals surface area contributed by atoms with Crippen molar-refractivity contribution in [2.24, 2.45) is 0 Å². The average Bonchev–Trinajstić information content (AvgIpc) is 3.08. The molecule has 1 aromatic carbocycles. The molecule has 8 heteroatoms. The van der Waals surface area contributed by atoms with E-state index in [0.717, 1.165) is 19.4 Å². The van der Waals surface area contributed by atoms with Crippen LogP contribution in [0, 0.1) is 0 Å². The van der Waals surface area contributed by atoms with Crippen molar-refractivity contribution in [3.05, 3.63) is 29.8 Å². The molecule has 0 saturated carbocycles. The minimum absolute atomic E-state index is 0.0764. The van der Waals surface area contributed by atoms with Crippen molar-refractivity contribution < 1.29 is 29.0 Å². The Balaban J connectivity index is 1.93. The van der Waals surface area contributed by atoms with E-state index in [4.69, 9.17) is 9.47 Å². The third-order valence-corrected chi connectivity index (χ3v) is 3.92. The predicted molar refractivity (Wildman–Crippen MR) is 97.6 cm³/mol. The summed E-state index contributed by atoms with van der Waals surface area (Å²) in [5.74, 6) is -1.09. The summed E-state index contributed by atoms with van der Waals surface area (Å²) < 4.78 is 10.4. The standard InChI is InChI=1S/C19H26N2O6/c1-19(2,3)27-18(25)21-15(16(22)23)11-12-6-8-13(9-7-12)26-17(24)14-5-4-10-20-14/h6-9,14-15,20H,4-5,10-11H2,1-3H3,(H,21,25)(H,22,23)/t14-,15?/m0/s1. The lowest BCUT2D eigenvalue weighted by atomic mass is 10.1. The van der Waals surface area contributed by atoms with Gasteiger partial charge in [0.05, 0.1) is 0 Å². The minimum Gasteiger partial charge on any atom is -0.480 e. The molecule has 1 aliphatic rings. The molecule has 0 aliphatic carbocycles. The predicted octanol–water partition coefficient (Wildman–Crippen LogP) is 1.86. The van der Waals surface area contributed by atoms with Gasteiger partial charge in [-0.2, -0.15) is 0 Å². The van der Waals surface area contributed by atoms with Crippen molar-refractivity contribution in [1.82, 2.24) is 10.6 Å². The first-order valence-electron chi connectivity index (χ1n) is 8.90. The number of amides is 1. The van der Waals surface area contributed by atoms with Crippen LogP contribution in [0.4, 0.5) is 4.79 Å². The van der Waals surface area contributed by atoms with Crippen molar-refractivity contribution in [3.8, 4) is 5.75 Å². The maximum Gasteiger partial charge on any atom is 0.408 e. The Morgan fingerprint density at radius 1 is 1.26 bits per heavy atom. The highest BCUT2D eigenvalue weighted by Gasteiger charge is 2.25. The summed E-state index contributed by atoms with van der Waals surface area (Å²) in [6.45, 7) is 5.90. The van der Waals surface area contributed by atoms with Crippen LogP contribution >= 0.6 is 0 Å². The van der Waals surface area contributed by atoms with E-state index >= 15 is 0 Å². The van der Waals surface area contributed by atoms with Crippen molar-refractivity contribution in [2.45, 2.75) is 57.7 Å². The average molecular weight is 378 g/mol. The molecular formula is C19H26N2O6. The van der Waals surface area contributed by atoms with E-state index in [9.17, 15) is 19.5 Å². The lowest BCUT2D eigenvalue weighted by molar-refractivity contribution is -0.139. The molecule has 0 aromatic heterocycles. The number of hydrogen-bond acceptors (Lipinski definition) is 6. The van der Waals surface area contributed by atoms with E-state index in [1.807, 2.05) is 0 Å². The number of carbonyl (C=O) groups is 3. The maximum atomic E-state index is 12.0. The summed E-state index contributed by atoms with van der Waals surface area (Å²) in [5, 5.41) is 14.7. The first-order chi connectivity index (χ1) is 12.6. The van der Waals surface area contributed by atoms with E-state index in [2.05, 4.69) is 10.6 Å². The molecule has 148 valence electrons. The number of nitrogens with one attached hydrogen (secondary N) is 2. The molecule has 8 nitrogen and oxygen atoms in total. The summed E-state index contributed by atoms with van der Waals surface area (Å²) in [7, 11) is 0. The number of benzene rings is 1. The maximum absolute atomic E-state index is 12.0. The molecule has 1 unspecified atom stereocenters. The lowest BCUT2D eigenvalue weighted by Gasteiger charge is -2.22. The van der Waals surface area contributed by atoms with Crippen LogP contribution in [0.5, 0.6) is 5.75 Å². The van der Waals surface area contributed by atoms with Crippen LogP contribution < -0.4 is 15.4 Å². The Morgan fingerprint density at radius 3 is 2.44 bits per heavy atom. The van der Waals surface area contributed by atoms with Crippen LogP contribution in [0.15, 0.2) is 24.3 Å².